The summed E-state index contributed by atoms with van der Waals surface area (Å²) in [6.07, 6.45) is 3.62. The average molecular weight is 326 g/mol. The van der Waals surface area contributed by atoms with Gasteiger partial charge in [-0.1, -0.05) is 0 Å². The number of nitrogens with one attached hydrogen (secondary N) is 1. The first kappa shape index (κ1) is 14.3. The van der Waals surface area contributed by atoms with Gasteiger partial charge in [0.2, 0.25) is 0 Å². The van der Waals surface area contributed by atoms with Crippen molar-refractivity contribution in [2.75, 3.05) is 26.7 Å². The van der Waals surface area contributed by atoms with E-state index < -0.39 is 0 Å². The Kier molecular flexibility index (Phi) is 3.10. The van der Waals surface area contributed by atoms with Gasteiger partial charge in [-0.05, 0) is 50.4 Å². The van der Waals surface area contributed by atoms with Gasteiger partial charge in [-0.25, -0.2) is 0 Å². The normalized spacial score (nSPS) is 26.5. The molecular weight excluding hydrogens is 304 g/mol. The number of carbonyl (C=O) groups is 1. The van der Waals surface area contributed by atoms with Crippen molar-refractivity contribution in [1.82, 2.24) is 20.0 Å². The summed E-state index contributed by atoms with van der Waals surface area (Å²) in [5.74, 6) is 1.58. The Bertz CT molecular complexity index is 795. The minimum Gasteiger partial charge on any atom is -0.493 e. The van der Waals surface area contributed by atoms with Crippen molar-refractivity contribution in [2.24, 2.45) is 5.92 Å². The highest BCUT2D eigenvalue weighted by Gasteiger charge is 2.44. The van der Waals surface area contributed by atoms with Crippen LogP contribution in [0.2, 0.25) is 0 Å². The molecule has 3 heterocycles. The summed E-state index contributed by atoms with van der Waals surface area (Å²) in [5, 5.41) is 8.16. The van der Waals surface area contributed by atoms with E-state index in [1.807, 2.05) is 23.1 Å². The van der Waals surface area contributed by atoms with Crippen LogP contribution in [-0.4, -0.2) is 64.7 Å². The molecule has 1 aliphatic carbocycles. The fourth-order valence-electron chi connectivity index (χ4n) is 4.00. The molecule has 6 heteroatoms. The SMILES string of the molecule is CN1CC2CC1CN2C(=O)c1n[nH]c2ccc(OCC3CC3)cc12. The number of nitrogens with zero attached hydrogens (tertiary/aromatic N) is 3. The summed E-state index contributed by atoms with van der Waals surface area (Å²) in [4.78, 5) is 17.3. The molecule has 2 atom stereocenters. The second-order valence-electron chi connectivity index (χ2n) is 7.47. The summed E-state index contributed by atoms with van der Waals surface area (Å²) in [6, 6.07) is 6.68. The van der Waals surface area contributed by atoms with Crippen LogP contribution in [-0.2, 0) is 0 Å². The van der Waals surface area contributed by atoms with E-state index in [-0.39, 0.29) is 5.91 Å². The van der Waals surface area contributed by atoms with Gasteiger partial charge in [0.25, 0.3) is 5.91 Å². The molecule has 2 aromatic rings. The molecule has 3 fully saturated rings. The second-order valence-corrected chi connectivity index (χ2v) is 7.47. The fraction of sp³-hybridized carbons (Fsp3) is 0.556. The zero-order valence-corrected chi connectivity index (χ0v) is 13.9. The fourth-order valence-corrected chi connectivity index (χ4v) is 4.00. The molecule has 5 rings (SSSR count). The van der Waals surface area contributed by atoms with Crippen molar-refractivity contribution in [2.45, 2.75) is 31.3 Å². The highest BCUT2D eigenvalue weighted by atomic mass is 16.5. The third-order valence-electron chi connectivity index (χ3n) is 5.69. The highest BCUT2D eigenvalue weighted by molar-refractivity contribution is 6.05. The number of carbonyl (C=O) groups excluding carboxylic acids is 1. The van der Waals surface area contributed by atoms with Crippen LogP contribution in [0, 0.1) is 5.92 Å². The number of hydrogen-bond donors (Lipinski definition) is 1. The second kappa shape index (κ2) is 5.21. The van der Waals surface area contributed by atoms with Crippen LogP contribution in [0.3, 0.4) is 0 Å². The lowest BCUT2D eigenvalue weighted by molar-refractivity contribution is 0.0646. The van der Waals surface area contributed by atoms with E-state index in [2.05, 4.69) is 22.1 Å². The summed E-state index contributed by atoms with van der Waals surface area (Å²) in [5.41, 5.74) is 1.41. The van der Waals surface area contributed by atoms with Crippen molar-refractivity contribution < 1.29 is 9.53 Å². The Morgan fingerprint density at radius 2 is 2.21 bits per heavy atom. The van der Waals surface area contributed by atoms with Gasteiger partial charge in [0, 0.05) is 30.6 Å². The first-order valence-electron chi connectivity index (χ1n) is 8.81. The predicted octanol–water partition coefficient (Wildman–Crippen LogP) is 1.88. The molecule has 2 bridgehead atoms. The van der Waals surface area contributed by atoms with E-state index in [0.29, 0.717) is 23.7 Å². The lowest BCUT2D eigenvalue weighted by atomic mass is 10.1. The molecule has 2 aliphatic heterocycles. The first-order valence-corrected chi connectivity index (χ1v) is 8.81. The van der Waals surface area contributed by atoms with Gasteiger partial charge in [0.1, 0.15) is 5.75 Å². The molecule has 6 nitrogen and oxygen atoms in total. The molecule has 24 heavy (non-hydrogen) atoms. The van der Waals surface area contributed by atoms with Crippen LogP contribution in [0.1, 0.15) is 29.8 Å². The molecule has 0 spiro atoms. The molecule has 0 radical (unpaired) electrons. The zero-order valence-electron chi connectivity index (χ0n) is 13.9. The summed E-state index contributed by atoms with van der Waals surface area (Å²) in [7, 11) is 2.14. The summed E-state index contributed by atoms with van der Waals surface area (Å²) in [6.45, 7) is 2.55. The average Bonchev–Trinajstić information content (AvgIpc) is 3.01. The molecule has 1 aromatic carbocycles. The molecule has 1 saturated carbocycles. The number of amides is 1. The van der Waals surface area contributed by atoms with Crippen LogP contribution < -0.4 is 4.74 Å². The lowest BCUT2D eigenvalue weighted by Crippen LogP contribution is -2.47. The minimum absolute atomic E-state index is 0.0428. The number of aromatic nitrogens is 2. The lowest BCUT2D eigenvalue weighted by Gasteiger charge is -2.31. The van der Waals surface area contributed by atoms with Crippen molar-refractivity contribution >= 4 is 16.8 Å². The van der Waals surface area contributed by atoms with Crippen LogP contribution in [0.4, 0.5) is 0 Å². The van der Waals surface area contributed by atoms with Crippen molar-refractivity contribution in [3.63, 3.8) is 0 Å². The minimum atomic E-state index is 0.0428. The molecule has 2 saturated heterocycles. The Hall–Kier alpha value is -2.08. The van der Waals surface area contributed by atoms with Crippen molar-refractivity contribution in [3.05, 3.63) is 23.9 Å². The zero-order chi connectivity index (χ0) is 16.3. The van der Waals surface area contributed by atoms with E-state index in [1.54, 1.807) is 0 Å². The van der Waals surface area contributed by atoms with Gasteiger partial charge >= 0.3 is 0 Å². The Morgan fingerprint density at radius 1 is 1.33 bits per heavy atom. The number of aromatic amines is 1. The Morgan fingerprint density at radius 3 is 2.92 bits per heavy atom. The third-order valence-corrected chi connectivity index (χ3v) is 5.69. The van der Waals surface area contributed by atoms with Crippen LogP contribution >= 0.6 is 0 Å². The number of piperazine rings is 1. The van der Waals surface area contributed by atoms with Gasteiger partial charge in [0.15, 0.2) is 5.69 Å². The molecule has 2 unspecified atom stereocenters. The smallest absolute Gasteiger partial charge is 0.275 e. The quantitative estimate of drug-likeness (QED) is 0.932. The van der Waals surface area contributed by atoms with Crippen LogP contribution in [0.5, 0.6) is 5.75 Å². The molecule has 1 aromatic heterocycles. The Labute approximate surface area is 140 Å². The van der Waals surface area contributed by atoms with Crippen molar-refractivity contribution in [3.8, 4) is 5.75 Å². The van der Waals surface area contributed by atoms with Gasteiger partial charge in [-0.2, -0.15) is 5.10 Å². The van der Waals surface area contributed by atoms with Gasteiger partial charge in [-0.3, -0.25) is 14.8 Å². The molecule has 1 N–H and O–H groups in total. The first-order chi connectivity index (χ1) is 11.7. The number of rotatable bonds is 4. The summed E-state index contributed by atoms with van der Waals surface area (Å²) >= 11 is 0. The monoisotopic (exact) mass is 326 g/mol. The standard InChI is InChI=1S/C18H22N4O2/c1-21-8-13-6-12(21)9-22(13)18(23)17-15-7-14(24-10-11-2-3-11)4-5-16(15)19-20-17/h4-5,7,11-13H,2-3,6,8-10H2,1H3,(H,19,20). The molecule has 126 valence electrons. The molecular formula is C18H22N4O2. The highest BCUT2D eigenvalue weighted by Crippen LogP contribution is 2.33. The van der Waals surface area contributed by atoms with Crippen LogP contribution in [0.15, 0.2) is 18.2 Å². The van der Waals surface area contributed by atoms with E-state index in [0.717, 1.165) is 42.8 Å². The number of fused-ring (bicyclic) bond motifs is 3. The number of likely N-dealkylation sites (N-methyl/N-ethyl adjacent to an activating group) is 1. The number of ether oxygens (including phenoxy) is 1. The number of hydrogen-bond acceptors (Lipinski definition) is 4. The largest absolute Gasteiger partial charge is 0.493 e. The number of likely N-dealkylation sites (tertiary alicyclic amines) is 2. The number of benzene rings is 1. The third kappa shape index (κ3) is 2.28. The van der Waals surface area contributed by atoms with Gasteiger partial charge in [-0.15, -0.1) is 0 Å². The van der Waals surface area contributed by atoms with E-state index in [9.17, 15) is 4.79 Å². The maximum Gasteiger partial charge on any atom is 0.275 e. The van der Waals surface area contributed by atoms with Crippen LogP contribution in [0.25, 0.3) is 10.9 Å². The maximum absolute atomic E-state index is 13.0. The Balaban J connectivity index is 1.41. The number of H-pyrrole nitrogens is 1. The van der Waals surface area contributed by atoms with E-state index in [4.69, 9.17) is 4.74 Å². The molecule has 3 aliphatic rings. The predicted molar refractivity (Wildman–Crippen MR) is 90.2 cm³/mol. The van der Waals surface area contributed by atoms with E-state index >= 15 is 0 Å². The maximum atomic E-state index is 13.0. The van der Waals surface area contributed by atoms with Gasteiger partial charge in [0.05, 0.1) is 12.1 Å². The van der Waals surface area contributed by atoms with E-state index in [1.165, 1.54) is 12.8 Å². The summed E-state index contributed by atoms with van der Waals surface area (Å²) < 4.78 is 5.86. The molecule has 1 amide bonds. The van der Waals surface area contributed by atoms with Crippen molar-refractivity contribution in [1.29, 1.82) is 0 Å². The topological polar surface area (TPSA) is 61.5 Å². The van der Waals surface area contributed by atoms with Gasteiger partial charge < -0.3 is 9.64 Å².